The lowest BCUT2D eigenvalue weighted by Gasteiger charge is -2.32. The third-order valence-corrected chi connectivity index (χ3v) is 4.08. The van der Waals surface area contributed by atoms with Crippen LogP contribution in [0.2, 0.25) is 0 Å². The summed E-state index contributed by atoms with van der Waals surface area (Å²) in [6, 6.07) is 7.53. The zero-order valence-corrected chi connectivity index (χ0v) is 12.0. The monoisotopic (exact) mass is 322 g/mol. The van der Waals surface area contributed by atoms with E-state index in [4.69, 9.17) is 0 Å². The highest BCUT2D eigenvalue weighted by molar-refractivity contribution is 9.10. The number of amides is 2. The Morgan fingerprint density at radius 3 is 2.79 bits per heavy atom. The number of halogens is 1. The first-order valence-corrected chi connectivity index (χ1v) is 7.25. The van der Waals surface area contributed by atoms with Crippen molar-refractivity contribution in [2.75, 3.05) is 6.54 Å². The summed E-state index contributed by atoms with van der Waals surface area (Å²) in [5.41, 5.74) is 1.03. The van der Waals surface area contributed by atoms with Crippen LogP contribution in [0.3, 0.4) is 0 Å². The van der Waals surface area contributed by atoms with Crippen molar-refractivity contribution in [2.45, 2.75) is 25.4 Å². The Kier molecular flexibility index (Phi) is 3.31. The number of carbonyl (C=O) groups is 2. The van der Waals surface area contributed by atoms with Gasteiger partial charge in [-0.2, -0.15) is 0 Å². The molecule has 3 rings (SSSR count). The molecule has 0 bridgehead atoms. The van der Waals surface area contributed by atoms with E-state index in [0.29, 0.717) is 12.5 Å². The Bertz CT molecular complexity index is 528. The molecule has 4 nitrogen and oxygen atoms in total. The molecule has 2 amide bonds. The zero-order valence-electron chi connectivity index (χ0n) is 10.4. The van der Waals surface area contributed by atoms with Gasteiger partial charge in [0.2, 0.25) is 11.8 Å². The molecule has 1 unspecified atom stereocenters. The molecule has 0 radical (unpaired) electrons. The van der Waals surface area contributed by atoms with Gasteiger partial charge in [0.15, 0.2) is 0 Å². The summed E-state index contributed by atoms with van der Waals surface area (Å²) >= 11 is 3.42. The smallest absolute Gasteiger partial charge is 0.246 e. The molecule has 100 valence electrons. The fraction of sp³-hybridized carbons (Fsp3) is 0.429. The number of hydrogen-bond acceptors (Lipinski definition) is 2. The van der Waals surface area contributed by atoms with Crippen molar-refractivity contribution in [1.82, 2.24) is 10.2 Å². The van der Waals surface area contributed by atoms with Gasteiger partial charge in [0, 0.05) is 11.0 Å². The van der Waals surface area contributed by atoms with Gasteiger partial charge >= 0.3 is 0 Å². The highest BCUT2D eigenvalue weighted by atomic mass is 79.9. The Hall–Kier alpha value is -1.36. The third kappa shape index (κ3) is 2.81. The molecule has 2 aliphatic rings. The lowest BCUT2D eigenvalue weighted by Crippen LogP contribution is -2.58. The van der Waals surface area contributed by atoms with E-state index >= 15 is 0 Å². The average molecular weight is 323 g/mol. The van der Waals surface area contributed by atoms with Gasteiger partial charge in [-0.3, -0.25) is 9.59 Å². The molecule has 19 heavy (non-hydrogen) atoms. The summed E-state index contributed by atoms with van der Waals surface area (Å²) in [6.07, 6.45) is 2.09. The minimum atomic E-state index is -0.298. The number of benzene rings is 1. The van der Waals surface area contributed by atoms with E-state index in [-0.39, 0.29) is 24.4 Å². The molecule has 1 saturated carbocycles. The van der Waals surface area contributed by atoms with Gasteiger partial charge < -0.3 is 10.2 Å². The Morgan fingerprint density at radius 1 is 1.32 bits per heavy atom. The summed E-state index contributed by atoms with van der Waals surface area (Å²) in [5, 5.41) is 2.82. The molecule has 1 atom stereocenters. The molecule has 1 aromatic rings. The molecule has 2 fully saturated rings. The molecule has 1 N–H and O–H groups in total. The zero-order chi connectivity index (χ0) is 13.4. The summed E-state index contributed by atoms with van der Waals surface area (Å²) in [7, 11) is 0. The molecule has 1 heterocycles. The fourth-order valence-electron chi connectivity index (χ4n) is 2.47. The van der Waals surface area contributed by atoms with Crippen molar-refractivity contribution in [3.8, 4) is 0 Å². The molecular formula is C14H15BrN2O2. The maximum absolute atomic E-state index is 12.3. The SMILES string of the molecule is O=C1CN(Cc2cccc(Br)c2)C(=O)C(C2CC2)N1. The fourth-order valence-corrected chi connectivity index (χ4v) is 2.91. The van der Waals surface area contributed by atoms with E-state index in [1.54, 1.807) is 4.90 Å². The van der Waals surface area contributed by atoms with Crippen molar-refractivity contribution in [3.05, 3.63) is 34.3 Å². The summed E-state index contributed by atoms with van der Waals surface area (Å²) in [4.78, 5) is 25.7. The second kappa shape index (κ2) is 4.96. The van der Waals surface area contributed by atoms with Crippen LogP contribution in [-0.2, 0) is 16.1 Å². The van der Waals surface area contributed by atoms with E-state index in [1.807, 2.05) is 24.3 Å². The van der Waals surface area contributed by atoms with Gasteiger partial charge in [-0.15, -0.1) is 0 Å². The van der Waals surface area contributed by atoms with Gasteiger partial charge in [0.25, 0.3) is 0 Å². The summed E-state index contributed by atoms with van der Waals surface area (Å²) in [6.45, 7) is 0.656. The van der Waals surface area contributed by atoms with Crippen LogP contribution in [0.15, 0.2) is 28.7 Å². The van der Waals surface area contributed by atoms with Crippen molar-refractivity contribution in [1.29, 1.82) is 0 Å². The van der Waals surface area contributed by atoms with Crippen LogP contribution in [0.4, 0.5) is 0 Å². The molecule has 5 heteroatoms. The molecular weight excluding hydrogens is 308 g/mol. The van der Waals surface area contributed by atoms with Crippen LogP contribution in [0, 0.1) is 5.92 Å². The number of nitrogens with zero attached hydrogens (tertiary/aromatic N) is 1. The second-order valence-electron chi connectivity index (χ2n) is 5.21. The minimum Gasteiger partial charge on any atom is -0.342 e. The first kappa shape index (κ1) is 12.7. The number of carbonyl (C=O) groups excluding carboxylic acids is 2. The van der Waals surface area contributed by atoms with Gasteiger partial charge in [-0.1, -0.05) is 28.1 Å². The first-order valence-electron chi connectivity index (χ1n) is 6.46. The maximum atomic E-state index is 12.3. The topological polar surface area (TPSA) is 49.4 Å². The molecule has 1 aliphatic heterocycles. The Balaban J connectivity index is 1.75. The van der Waals surface area contributed by atoms with Crippen molar-refractivity contribution in [3.63, 3.8) is 0 Å². The van der Waals surface area contributed by atoms with Crippen LogP contribution in [0.1, 0.15) is 18.4 Å². The van der Waals surface area contributed by atoms with E-state index in [2.05, 4.69) is 21.2 Å². The van der Waals surface area contributed by atoms with Crippen LogP contribution < -0.4 is 5.32 Å². The predicted molar refractivity (Wildman–Crippen MR) is 74.2 cm³/mol. The standard InChI is InChI=1S/C14H15BrN2O2/c15-11-3-1-2-9(6-11)7-17-8-12(18)16-13(14(17)19)10-4-5-10/h1-3,6,10,13H,4-5,7-8H2,(H,16,18). The highest BCUT2D eigenvalue weighted by Crippen LogP contribution is 2.34. The minimum absolute atomic E-state index is 0.0495. The molecule has 0 spiro atoms. The molecule has 1 aromatic carbocycles. The predicted octanol–water partition coefficient (Wildman–Crippen LogP) is 1.69. The van der Waals surface area contributed by atoms with E-state index in [1.165, 1.54) is 0 Å². The number of nitrogens with one attached hydrogen (secondary N) is 1. The van der Waals surface area contributed by atoms with Crippen molar-refractivity contribution in [2.24, 2.45) is 5.92 Å². The van der Waals surface area contributed by atoms with Crippen LogP contribution in [-0.4, -0.2) is 29.3 Å². The number of rotatable bonds is 3. The quantitative estimate of drug-likeness (QED) is 0.920. The van der Waals surface area contributed by atoms with Crippen molar-refractivity contribution >= 4 is 27.7 Å². The Labute approximate surface area is 120 Å². The largest absolute Gasteiger partial charge is 0.342 e. The van der Waals surface area contributed by atoms with Gasteiger partial charge in [-0.25, -0.2) is 0 Å². The summed E-state index contributed by atoms with van der Waals surface area (Å²) < 4.78 is 0.984. The van der Waals surface area contributed by atoms with Gasteiger partial charge in [0.1, 0.15) is 6.04 Å². The normalized spacial score (nSPS) is 23.4. The lowest BCUT2D eigenvalue weighted by atomic mass is 10.1. The van der Waals surface area contributed by atoms with Gasteiger partial charge in [0.05, 0.1) is 6.54 Å². The second-order valence-corrected chi connectivity index (χ2v) is 6.12. The number of piperazine rings is 1. The van der Waals surface area contributed by atoms with E-state index < -0.39 is 0 Å². The summed E-state index contributed by atoms with van der Waals surface area (Å²) in [5.74, 6) is 0.357. The van der Waals surface area contributed by atoms with Crippen LogP contribution in [0.25, 0.3) is 0 Å². The van der Waals surface area contributed by atoms with E-state index in [0.717, 1.165) is 22.9 Å². The number of hydrogen-bond donors (Lipinski definition) is 1. The first-order chi connectivity index (χ1) is 9.13. The maximum Gasteiger partial charge on any atom is 0.246 e. The van der Waals surface area contributed by atoms with Crippen LogP contribution >= 0.6 is 15.9 Å². The molecule has 1 aliphatic carbocycles. The van der Waals surface area contributed by atoms with E-state index in [9.17, 15) is 9.59 Å². The Morgan fingerprint density at radius 2 is 2.11 bits per heavy atom. The average Bonchev–Trinajstić information content (AvgIpc) is 3.17. The van der Waals surface area contributed by atoms with Crippen molar-refractivity contribution < 1.29 is 9.59 Å². The van der Waals surface area contributed by atoms with Crippen LogP contribution in [0.5, 0.6) is 0 Å². The highest BCUT2D eigenvalue weighted by Gasteiger charge is 2.42. The molecule has 1 saturated heterocycles. The molecule has 0 aromatic heterocycles. The third-order valence-electron chi connectivity index (χ3n) is 3.58. The lowest BCUT2D eigenvalue weighted by molar-refractivity contribution is -0.145. The van der Waals surface area contributed by atoms with Gasteiger partial charge in [-0.05, 0) is 36.5 Å².